The van der Waals surface area contributed by atoms with Crippen molar-refractivity contribution in [3.8, 4) is 79.5 Å². The summed E-state index contributed by atoms with van der Waals surface area (Å²) in [5, 5.41) is 0. The second kappa shape index (κ2) is 13.0. The van der Waals surface area contributed by atoms with Crippen molar-refractivity contribution in [3.63, 3.8) is 0 Å². The fraction of sp³-hybridized carbons (Fsp3) is 0. The normalized spacial score (nSPS) is 10.9. The van der Waals surface area contributed by atoms with Gasteiger partial charge in [0.25, 0.3) is 0 Å². The smallest absolute Gasteiger partial charge is 0.164 e. The number of nitrogens with zero attached hydrogens (tertiary/aromatic N) is 6. The molecule has 0 aliphatic rings. The minimum absolute atomic E-state index is 0.582. The molecule has 0 unspecified atom stereocenters. The third-order valence-electron chi connectivity index (χ3n) is 8.02. The lowest BCUT2D eigenvalue weighted by molar-refractivity contribution is 1.07. The Bertz CT molecular complexity index is 2040. The van der Waals surface area contributed by atoms with Crippen molar-refractivity contribution in [1.82, 2.24) is 29.9 Å². The Morgan fingerprint density at radius 1 is 0.188 bits per heavy atom. The van der Waals surface area contributed by atoms with Gasteiger partial charge in [-0.3, -0.25) is 0 Å². The molecule has 6 aromatic carbocycles. The summed E-state index contributed by atoms with van der Waals surface area (Å²) < 4.78 is 0. The van der Waals surface area contributed by atoms with E-state index in [1.807, 2.05) is 146 Å². The van der Waals surface area contributed by atoms with Crippen molar-refractivity contribution in [3.05, 3.63) is 170 Å². The molecule has 0 saturated heterocycles. The van der Waals surface area contributed by atoms with Gasteiger partial charge in [0.05, 0.1) is 0 Å². The maximum absolute atomic E-state index is 5.03. The van der Waals surface area contributed by atoms with Crippen LogP contribution in [0.15, 0.2) is 170 Å². The molecule has 8 rings (SSSR count). The fourth-order valence-corrected chi connectivity index (χ4v) is 5.68. The van der Waals surface area contributed by atoms with Crippen LogP contribution < -0.4 is 0 Å². The fourth-order valence-electron chi connectivity index (χ4n) is 5.68. The van der Waals surface area contributed by atoms with E-state index in [2.05, 4.69) is 24.3 Å². The molecule has 48 heavy (non-hydrogen) atoms. The molecule has 2 aromatic heterocycles. The summed E-state index contributed by atoms with van der Waals surface area (Å²) in [7, 11) is 0. The first-order valence-electron chi connectivity index (χ1n) is 15.7. The van der Waals surface area contributed by atoms with Crippen LogP contribution >= 0.6 is 0 Å². The molecular formula is C42H28N6. The average molecular weight is 617 g/mol. The molecule has 2 heterocycles. The summed E-state index contributed by atoms with van der Waals surface area (Å²) in [5.74, 6) is 3.61. The van der Waals surface area contributed by atoms with Crippen LogP contribution in [-0.4, -0.2) is 29.9 Å². The number of benzene rings is 6. The number of aromatic nitrogens is 6. The zero-order chi connectivity index (χ0) is 32.1. The molecule has 0 N–H and O–H groups in total. The van der Waals surface area contributed by atoms with E-state index < -0.39 is 0 Å². The highest BCUT2D eigenvalue weighted by atomic mass is 15.0. The Morgan fingerprint density at radius 2 is 0.396 bits per heavy atom. The summed E-state index contributed by atoms with van der Waals surface area (Å²) >= 11 is 0. The van der Waals surface area contributed by atoms with Gasteiger partial charge in [0, 0.05) is 33.4 Å². The van der Waals surface area contributed by atoms with Gasteiger partial charge in [0.15, 0.2) is 34.9 Å². The lowest BCUT2D eigenvalue weighted by atomic mass is 9.94. The summed E-state index contributed by atoms with van der Waals surface area (Å²) in [6, 6.07) is 56.5. The van der Waals surface area contributed by atoms with Gasteiger partial charge in [-0.2, -0.15) is 0 Å². The standard InChI is InChI=1S/C42H28N6/c1-5-17-29(18-6-1)37-43-38(30-19-7-2-8-20-30)46-41(45-37)35-27-15-13-25-33(35)34-26-14-16-28-36(34)42-47-39(31-21-9-3-10-22-31)44-40(48-42)32-23-11-4-12-24-32/h1-28H. The van der Waals surface area contributed by atoms with Crippen molar-refractivity contribution in [2.45, 2.75) is 0 Å². The van der Waals surface area contributed by atoms with E-state index in [1.54, 1.807) is 0 Å². The van der Waals surface area contributed by atoms with Crippen molar-refractivity contribution >= 4 is 0 Å². The molecule has 6 nitrogen and oxygen atoms in total. The van der Waals surface area contributed by atoms with Crippen LogP contribution in [0, 0.1) is 0 Å². The zero-order valence-electron chi connectivity index (χ0n) is 25.8. The Morgan fingerprint density at radius 3 is 0.667 bits per heavy atom. The van der Waals surface area contributed by atoms with Gasteiger partial charge in [-0.1, -0.05) is 170 Å². The third kappa shape index (κ3) is 5.86. The van der Waals surface area contributed by atoms with E-state index >= 15 is 0 Å². The number of hydrogen-bond acceptors (Lipinski definition) is 6. The topological polar surface area (TPSA) is 77.3 Å². The number of hydrogen-bond donors (Lipinski definition) is 0. The molecule has 0 spiro atoms. The summed E-state index contributed by atoms with van der Waals surface area (Å²) in [6.45, 7) is 0. The van der Waals surface area contributed by atoms with E-state index in [4.69, 9.17) is 29.9 Å². The molecule has 0 radical (unpaired) electrons. The van der Waals surface area contributed by atoms with E-state index in [-0.39, 0.29) is 0 Å². The van der Waals surface area contributed by atoms with Crippen LogP contribution in [0.4, 0.5) is 0 Å². The second-order valence-electron chi connectivity index (χ2n) is 11.2. The Labute approximate surface area is 278 Å². The predicted octanol–water partition coefficient (Wildman–Crippen LogP) is 9.73. The van der Waals surface area contributed by atoms with E-state index in [1.165, 1.54) is 0 Å². The minimum Gasteiger partial charge on any atom is -0.208 e. The molecule has 226 valence electrons. The number of rotatable bonds is 7. The molecule has 0 bridgehead atoms. The maximum Gasteiger partial charge on any atom is 0.164 e. The van der Waals surface area contributed by atoms with E-state index in [9.17, 15) is 0 Å². The molecule has 0 saturated carbocycles. The summed E-state index contributed by atoms with van der Waals surface area (Å²) in [6.07, 6.45) is 0. The van der Waals surface area contributed by atoms with Gasteiger partial charge in [-0.15, -0.1) is 0 Å². The van der Waals surface area contributed by atoms with Crippen molar-refractivity contribution < 1.29 is 0 Å². The monoisotopic (exact) mass is 616 g/mol. The van der Waals surface area contributed by atoms with Gasteiger partial charge in [-0.05, 0) is 11.1 Å². The van der Waals surface area contributed by atoms with Crippen LogP contribution in [0.2, 0.25) is 0 Å². The molecule has 0 atom stereocenters. The first kappa shape index (κ1) is 28.8. The predicted molar refractivity (Wildman–Crippen MR) is 191 cm³/mol. The first-order valence-corrected chi connectivity index (χ1v) is 15.7. The highest BCUT2D eigenvalue weighted by Crippen LogP contribution is 2.38. The Balaban J connectivity index is 1.32. The van der Waals surface area contributed by atoms with Crippen LogP contribution in [-0.2, 0) is 0 Å². The zero-order valence-corrected chi connectivity index (χ0v) is 25.8. The van der Waals surface area contributed by atoms with Crippen molar-refractivity contribution in [2.75, 3.05) is 0 Å². The molecule has 6 heteroatoms. The highest BCUT2D eigenvalue weighted by Gasteiger charge is 2.19. The Hall–Kier alpha value is -6.66. The second-order valence-corrected chi connectivity index (χ2v) is 11.2. The van der Waals surface area contributed by atoms with Crippen LogP contribution in [0.1, 0.15) is 0 Å². The molecule has 0 amide bonds. The van der Waals surface area contributed by atoms with E-state index in [0.717, 1.165) is 44.5 Å². The molecular weight excluding hydrogens is 589 g/mol. The molecule has 0 aliphatic heterocycles. The molecule has 8 aromatic rings. The first-order chi connectivity index (χ1) is 23.8. The van der Waals surface area contributed by atoms with Crippen molar-refractivity contribution in [2.24, 2.45) is 0 Å². The third-order valence-corrected chi connectivity index (χ3v) is 8.02. The quantitative estimate of drug-likeness (QED) is 0.177. The SMILES string of the molecule is c1ccc(-c2nc(-c3ccccc3)nc(-c3ccccc3-c3ccccc3-c3nc(-c4ccccc4)nc(-c4ccccc4)n3)n2)cc1. The van der Waals surface area contributed by atoms with Crippen LogP contribution in [0.25, 0.3) is 79.5 Å². The summed E-state index contributed by atoms with van der Waals surface area (Å²) in [5.41, 5.74) is 7.35. The average Bonchev–Trinajstić information content (AvgIpc) is 3.19. The van der Waals surface area contributed by atoms with Gasteiger partial charge in [0.1, 0.15) is 0 Å². The van der Waals surface area contributed by atoms with Gasteiger partial charge in [0.2, 0.25) is 0 Å². The Kier molecular flexibility index (Phi) is 7.79. The maximum atomic E-state index is 5.03. The van der Waals surface area contributed by atoms with Crippen LogP contribution in [0.3, 0.4) is 0 Å². The van der Waals surface area contributed by atoms with Crippen LogP contribution in [0.5, 0.6) is 0 Å². The molecule has 0 aliphatic carbocycles. The highest BCUT2D eigenvalue weighted by molar-refractivity contribution is 5.89. The largest absolute Gasteiger partial charge is 0.208 e. The molecule has 0 fully saturated rings. The van der Waals surface area contributed by atoms with Gasteiger partial charge < -0.3 is 0 Å². The lowest BCUT2D eigenvalue weighted by Crippen LogP contribution is -2.02. The van der Waals surface area contributed by atoms with Gasteiger partial charge >= 0.3 is 0 Å². The lowest BCUT2D eigenvalue weighted by Gasteiger charge is -2.15. The van der Waals surface area contributed by atoms with Crippen molar-refractivity contribution in [1.29, 1.82) is 0 Å². The van der Waals surface area contributed by atoms with E-state index in [0.29, 0.717) is 34.9 Å². The summed E-state index contributed by atoms with van der Waals surface area (Å²) in [4.78, 5) is 29.9. The minimum atomic E-state index is 0.582. The van der Waals surface area contributed by atoms with Gasteiger partial charge in [-0.25, -0.2) is 29.9 Å².